The predicted octanol–water partition coefficient (Wildman–Crippen LogP) is 2.22. The van der Waals surface area contributed by atoms with Gasteiger partial charge in [-0.25, -0.2) is 0 Å². The molecule has 88 valence electrons. The zero-order valence-corrected chi connectivity index (χ0v) is 10.1. The van der Waals surface area contributed by atoms with Crippen molar-refractivity contribution < 1.29 is 4.79 Å². The number of halogens is 1. The van der Waals surface area contributed by atoms with Crippen LogP contribution in [0.4, 0.5) is 5.69 Å². The van der Waals surface area contributed by atoms with E-state index in [-0.39, 0.29) is 18.3 Å². The van der Waals surface area contributed by atoms with Gasteiger partial charge in [-0.1, -0.05) is 13.0 Å². The second-order valence-electron chi connectivity index (χ2n) is 4.37. The third-order valence-electron chi connectivity index (χ3n) is 2.86. The van der Waals surface area contributed by atoms with Crippen molar-refractivity contribution in [2.75, 3.05) is 5.73 Å². The summed E-state index contributed by atoms with van der Waals surface area (Å²) in [5.41, 5.74) is 6.89. The largest absolute Gasteiger partial charge is 0.399 e. The maximum atomic E-state index is 11.7. The van der Waals surface area contributed by atoms with E-state index in [0.717, 1.165) is 18.8 Å². The molecule has 1 aliphatic rings. The average molecular weight is 241 g/mol. The van der Waals surface area contributed by atoms with E-state index in [4.69, 9.17) is 5.73 Å². The summed E-state index contributed by atoms with van der Waals surface area (Å²) in [5.74, 6) is 0.732. The summed E-state index contributed by atoms with van der Waals surface area (Å²) < 4.78 is 0. The summed E-state index contributed by atoms with van der Waals surface area (Å²) in [7, 11) is 0. The van der Waals surface area contributed by atoms with Crippen molar-refractivity contribution in [3.8, 4) is 0 Å². The molecule has 1 fully saturated rings. The molecule has 0 spiro atoms. The van der Waals surface area contributed by atoms with Gasteiger partial charge in [0.15, 0.2) is 0 Å². The first-order valence-electron chi connectivity index (χ1n) is 5.31. The van der Waals surface area contributed by atoms with E-state index >= 15 is 0 Å². The van der Waals surface area contributed by atoms with Gasteiger partial charge >= 0.3 is 0 Å². The molecule has 0 bridgehead atoms. The number of nitrogens with one attached hydrogen (secondary N) is 1. The molecule has 0 heterocycles. The summed E-state index contributed by atoms with van der Waals surface area (Å²) in [4.78, 5) is 11.7. The molecule has 3 nitrogen and oxygen atoms in total. The number of carbonyl (C=O) groups excluding carboxylic acids is 1. The average Bonchev–Trinajstić information content (AvgIpc) is 2.15. The third kappa shape index (κ3) is 2.89. The quantitative estimate of drug-likeness (QED) is 0.779. The Balaban J connectivity index is 0.00000128. The molecule has 0 unspecified atom stereocenters. The van der Waals surface area contributed by atoms with Gasteiger partial charge in [0.2, 0.25) is 0 Å². The summed E-state index contributed by atoms with van der Waals surface area (Å²) in [5, 5.41) is 3.00. The Morgan fingerprint density at radius 1 is 1.44 bits per heavy atom. The van der Waals surface area contributed by atoms with E-state index in [0.29, 0.717) is 17.3 Å². The molecule has 2 rings (SSSR count). The molecule has 1 aromatic carbocycles. The van der Waals surface area contributed by atoms with E-state index in [1.54, 1.807) is 24.3 Å². The van der Waals surface area contributed by atoms with Crippen molar-refractivity contribution in [1.82, 2.24) is 5.32 Å². The minimum Gasteiger partial charge on any atom is -0.399 e. The van der Waals surface area contributed by atoms with E-state index in [9.17, 15) is 4.79 Å². The van der Waals surface area contributed by atoms with Gasteiger partial charge in [-0.15, -0.1) is 12.4 Å². The van der Waals surface area contributed by atoms with Gasteiger partial charge in [-0.3, -0.25) is 4.79 Å². The van der Waals surface area contributed by atoms with Crippen LogP contribution in [0, 0.1) is 5.92 Å². The normalized spacial score (nSPS) is 22.8. The zero-order chi connectivity index (χ0) is 10.8. The molecule has 4 heteroatoms. The lowest BCUT2D eigenvalue weighted by molar-refractivity contribution is 0.0896. The fourth-order valence-electron chi connectivity index (χ4n) is 1.97. The number of benzene rings is 1. The summed E-state index contributed by atoms with van der Waals surface area (Å²) >= 11 is 0. The van der Waals surface area contributed by atoms with E-state index in [1.807, 2.05) is 0 Å². The number of rotatable bonds is 2. The Hall–Kier alpha value is -1.22. The molecule has 0 aliphatic heterocycles. The van der Waals surface area contributed by atoms with Gasteiger partial charge in [0.25, 0.3) is 5.91 Å². The number of anilines is 1. The van der Waals surface area contributed by atoms with Crippen LogP contribution in [-0.2, 0) is 0 Å². The number of nitrogens with two attached hydrogens (primary N) is 1. The summed E-state index contributed by atoms with van der Waals surface area (Å²) in [6.45, 7) is 2.20. The monoisotopic (exact) mass is 240 g/mol. The second kappa shape index (κ2) is 5.21. The second-order valence-corrected chi connectivity index (χ2v) is 4.37. The first-order chi connectivity index (χ1) is 7.15. The lowest BCUT2D eigenvalue weighted by atomic mass is 9.82. The number of hydrogen-bond acceptors (Lipinski definition) is 2. The van der Waals surface area contributed by atoms with Crippen LogP contribution in [0.1, 0.15) is 30.1 Å². The Kier molecular flexibility index (Phi) is 4.19. The van der Waals surface area contributed by atoms with Gasteiger partial charge in [0.1, 0.15) is 0 Å². The maximum absolute atomic E-state index is 11.7. The van der Waals surface area contributed by atoms with Crippen LogP contribution in [0.5, 0.6) is 0 Å². The molecule has 16 heavy (non-hydrogen) atoms. The Labute approximate surface area is 102 Å². The third-order valence-corrected chi connectivity index (χ3v) is 2.86. The topological polar surface area (TPSA) is 55.1 Å². The molecule has 1 amide bonds. The standard InChI is InChI=1S/C12H16N2O.ClH/c1-8-5-11(6-8)14-12(15)9-3-2-4-10(13)7-9;/h2-4,7-8,11H,5-6,13H2,1H3,(H,14,15);1H. The van der Waals surface area contributed by atoms with Gasteiger partial charge in [0.05, 0.1) is 0 Å². The van der Waals surface area contributed by atoms with Gasteiger partial charge in [-0.05, 0) is 37.0 Å². The molecule has 1 aliphatic carbocycles. The van der Waals surface area contributed by atoms with Crippen LogP contribution >= 0.6 is 12.4 Å². The molecule has 1 saturated carbocycles. The van der Waals surface area contributed by atoms with E-state index in [1.165, 1.54) is 0 Å². The molecule has 0 radical (unpaired) electrons. The SMILES string of the molecule is CC1CC(NC(=O)c2cccc(N)c2)C1.Cl. The number of nitrogen functional groups attached to an aromatic ring is 1. The molecule has 0 aromatic heterocycles. The summed E-state index contributed by atoms with van der Waals surface area (Å²) in [6.07, 6.45) is 2.18. The Morgan fingerprint density at radius 2 is 2.12 bits per heavy atom. The number of carbonyl (C=O) groups is 1. The fraction of sp³-hybridized carbons (Fsp3) is 0.417. The van der Waals surface area contributed by atoms with Crippen molar-refractivity contribution in [2.45, 2.75) is 25.8 Å². The Bertz CT molecular complexity index is 375. The molecular weight excluding hydrogens is 224 g/mol. The molecule has 1 aromatic rings. The van der Waals surface area contributed by atoms with Crippen LogP contribution in [0.3, 0.4) is 0 Å². The highest BCUT2D eigenvalue weighted by molar-refractivity contribution is 5.95. The smallest absolute Gasteiger partial charge is 0.251 e. The van der Waals surface area contributed by atoms with Crippen LogP contribution < -0.4 is 11.1 Å². The number of hydrogen-bond donors (Lipinski definition) is 2. The van der Waals surface area contributed by atoms with E-state index < -0.39 is 0 Å². The van der Waals surface area contributed by atoms with Crippen molar-refractivity contribution in [2.24, 2.45) is 5.92 Å². The van der Waals surface area contributed by atoms with Crippen LogP contribution in [-0.4, -0.2) is 11.9 Å². The number of amides is 1. The molecule has 0 atom stereocenters. The summed E-state index contributed by atoms with van der Waals surface area (Å²) in [6, 6.07) is 7.43. The minimum atomic E-state index is -0.0146. The molecule has 0 saturated heterocycles. The van der Waals surface area contributed by atoms with E-state index in [2.05, 4.69) is 12.2 Å². The van der Waals surface area contributed by atoms with Crippen molar-refractivity contribution in [3.05, 3.63) is 29.8 Å². The molecular formula is C12H17ClN2O. The first kappa shape index (κ1) is 12.8. The van der Waals surface area contributed by atoms with Crippen LogP contribution in [0.2, 0.25) is 0 Å². The van der Waals surface area contributed by atoms with Gasteiger partial charge in [-0.2, -0.15) is 0 Å². The van der Waals surface area contributed by atoms with Crippen molar-refractivity contribution >= 4 is 24.0 Å². The minimum absolute atomic E-state index is 0. The lowest BCUT2D eigenvalue weighted by Gasteiger charge is -2.33. The first-order valence-corrected chi connectivity index (χ1v) is 5.31. The fourth-order valence-corrected chi connectivity index (χ4v) is 1.97. The van der Waals surface area contributed by atoms with Crippen molar-refractivity contribution in [1.29, 1.82) is 0 Å². The van der Waals surface area contributed by atoms with Crippen LogP contribution in [0.25, 0.3) is 0 Å². The molecule has 3 N–H and O–H groups in total. The van der Waals surface area contributed by atoms with Crippen LogP contribution in [0.15, 0.2) is 24.3 Å². The van der Waals surface area contributed by atoms with Gasteiger partial charge in [0, 0.05) is 17.3 Å². The highest BCUT2D eigenvalue weighted by atomic mass is 35.5. The maximum Gasteiger partial charge on any atom is 0.251 e. The van der Waals surface area contributed by atoms with Crippen molar-refractivity contribution in [3.63, 3.8) is 0 Å². The zero-order valence-electron chi connectivity index (χ0n) is 9.27. The highest BCUT2D eigenvalue weighted by Gasteiger charge is 2.26. The Morgan fingerprint density at radius 3 is 2.69 bits per heavy atom. The highest BCUT2D eigenvalue weighted by Crippen LogP contribution is 2.26. The van der Waals surface area contributed by atoms with Gasteiger partial charge < -0.3 is 11.1 Å². The lowest BCUT2D eigenvalue weighted by Crippen LogP contribution is -2.43. The predicted molar refractivity (Wildman–Crippen MR) is 67.8 cm³/mol.